The first-order valence-electron chi connectivity index (χ1n) is 9.64. The molecule has 0 aliphatic heterocycles. The molecule has 0 radical (unpaired) electrons. The number of anilines is 3. The molecule has 0 bridgehead atoms. The summed E-state index contributed by atoms with van der Waals surface area (Å²) >= 11 is 11.3. The van der Waals surface area contributed by atoms with Gasteiger partial charge in [0.1, 0.15) is 12.6 Å². The average Bonchev–Trinajstić information content (AvgIpc) is 2.80. The summed E-state index contributed by atoms with van der Waals surface area (Å²) in [5, 5.41) is 21.2. The zero-order valence-electron chi connectivity index (χ0n) is 16.8. The number of carbonyl (C=O) groups is 2. The Morgan fingerprint density at radius 1 is 0.812 bits per heavy atom. The van der Waals surface area contributed by atoms with Crippen molar-refractivity contribution in [2.75, 3.05) is 22.6 Å². The summed E-state index contributed by atoms with van der Waals surface area (Å²) in [4.78, 5) is 24.4. The first-order valence-corrected chi connectivity index (χ1v) is 10.4. The summed E-state index contributed by atoms with van der Waals surface area (Å²) in [6, 6.07) is 22.0. The molecule has 0 aromatic heterocycles. The van der Waals surface area contributed by atoms with Crippen LogP contribution in [0.1, 0.15) is 11.6 Å². The molecule has 3 aromatic carbocycles. The van der Waals surface area contributed by atoms with Gasteiger partial charge in [-0.25, -0.2) is 0 Å². The van der Waals surface area contributed by atoms with Crippen LogP contribution in [0.25, 0.3) is 0 Å². The maximum Gasteiger partial charge on any atom is 0.251 e. The topological polar surface area (TPSA) is 102 Å². The van der Waals surface area contributed by atoms with Gasteiger partial charge >= 0.3 is 0 Å². The van der Waals surface area contributed by atoms with E-state index in [0.717, 1.165) is 11.3 Å². The Balaban J connectivity index is 1.71. The van der Waals surface area contributed by atoms with E-state index in [4.69, 9.17) is 28.9 Å². The van der Waals surface area contributed by atoms with Gasteiger partial charge in [-0.15, -0.1) is 0 Å². The number of hydrogen-bond acceptors (Lipinski definition) is 4. The highest BCUT2D eigenvalue weighted by Gasteiger charge is 2.21. The van der Waals surface area contributed by atoms with E-state index in [1.807, 2.05) is 30.3 Å². The fourth-order valence-electron chi connectivity index (χ4n) is 2.83. The van der Waals surface area contributed by atoms with E-state index >= 15 is 0 Å². The van der Waals surface area contributed by atoms with E-state index in [2.05, 4.69) is 21.3 Å². The number of benzene rings is 3. The van der Waals surface area contributed by atoms with Gasteiger partial charge in [0, 0.05) is 22.1 Å². The van der Waals surface area contributed by atoms with Crippen LogP contribution in [0.3, 0.4) is 0 Å². The van der Waals surface area contributed by atoms with Crippen molar-refractivity contribution < 1.29 is 14.7 Å². The van der Waals surface area contributed by atoms with E-state index < -0.39 is 18.6 Å². The van der Waals surface area contributed by atoms with E-state index in [-0.39, 0.29) is 11.0 Å². The molecule has 9 heteroatoms. The minimum atomic E-state index is -0.753. The van der Waals surface area contributed by atoms with Gasteiger partial charge in [0.05, 0.1) is 0 Å². The monoisotopic (exact) mass is 468 g/mol. The van der Waals surface area contributed by atoms with Crippen LogP contribution < -0.4 is 21.3 Å². The number of carbonyl (C=O) groups excluding carboxylic acids is 2. The van der Waals surface area contributed by atoms with Gasteiger partial charge in [0.25, 0.3) is 5.91 Å². The molecule has 0 saturated carbocycles. The molecular weight excluding hydrogens is 448 g/mol. The first-order chi connectivity index (χ1) is 15.4. The average molecular weight is 469 g/mol. The van der Waals surface area contributed by atoms with Crippen molar-refractivity contribution in [1.29, 1.82) is 0 Å². The van der Waals surface area contributed by atoms with Crippen molar-refractivity contribution >= 4 is 57.8 Å². The van der Waals surface area contributed by atoms with Crippen molar-refractivity contribution in [3.05, 3.63) is 89.4 Å². The van der Waals surface area contributed by atoms with Crippen molar-refractivity contribution in [3.63, 3.8) is 0 Å². The third kappa shape index (κ3) is 6.78. The zero-order chi connectivity index (χ0) is 22.9. The quantitative estimate of drug-likeness (QED) is 0.337. The predicted octanol–water partition coefficient (Wildman–Crippen LogP) is 3.94. The Labute approximate surface area is 195 Å². The Bertz CT molecular complexity index is 1080. The SMILES string of the molecule is O=C(CO)Nc1ccc(NC(=O)C(NC(=S)Nc2ccc(Cl)cc2)c2ccccc2)cc1. The summed E-state index contributed by atoms with van der Waals surface area (Å²) < 4.78 is 0. The van der Waals surface area contributed by atoms with E-state index in [0.29, 0.717) is 16.4 Å². The fourth-order valence-corrected chi connectivity index (χ4v) is 3.19. The third-order valence-electron chi connectivity index (χ3n) is 4.35. The minimum absolute atomic E-state index is 0.276. The fraction of sp³-hybridized carbons (Fsp3) is 0.0870. The van der Waals surface area contributed by atoms with Crippen LogP contribution in [0.5, 0.6) is 0 Å². The lowest BCUT2D eigenvalue weighted by atomic mass is 10.1. The number of thiocarbonyl (C=S) groups is 1. The molecule has 32 heavy (non-hydrogen) atoms. The Kier molecular flexibility index (Phi) is 8.15. The third-order valence-corrected chi connectivity index (χ3v) is 4.82. The molecule has 0 spiro atoms. The van der Waals surface area contributed by atoms with Crippen molar-refractivity contribution in [2.45, 2.75) is 6.04 Å². The Morgan fingerprint density at radius 2 is 1.34 bits per heavy atom. The van der Waals surface area contributed by atoms with Crippen LogP contribution in [-0.2, 0) is 9.59 Å². The molecule has 3 rings (SSSR count). The highest BCUT2D eigenvalue weighted by Crippen LogP contribution is 2.19. The molecule has 1 unspecified atom stereocenters. The second-order valence-corrected chi connectivity index (χ2v) is 7.57. The van der Waals surface area contributed by atoms with E-state index in [1.165, 1.54) is 0 Å². The van der Waals surface area contributed by atoms with E-state index in [9.17, 15) is 9.59 Å². The molecule has 164 valence electrons. The van der Waals surface area contributed by atoms with Gasteiger partial charge < -0.3 is 26.4 Å². The lowest BCUT2D eigenvalue weighted by molar-refractivity contribution is -0.119. The summed E-state index contributed by atoms with van der Waals surface area (Å²) in [7, 11) is 0. The number of aliphatic hydroxyl groups is 1. The molecule has 0 aliphatic rings. The molecule has 5 N–H and O–H groups in total. The molecule has 3 aromatic rings. The number of rotatable bonds is 7. The molecule has 7 nitrogen and oxygen atoms in total. The van der Waals surface area contributed by atoms with Crippen molar-refractivity contribution in [1.82, 2.24) is 5.32 Å². The Morgan fingerprint density at radius 3 is 1.94 bits per heavy atom. The molecular formula is C23H21ClN4O3S. The lowest BCUT2D eigenvalue weighted by Gasteiger charge is -2.21. The first kappa shape index (κ1) is 23.2. The lowest BCUT2D eigenvalue weighted by Crippen LogP contribution is -2.39. The van der Waals surface area contributed by atoms with Crippen LogP contribution in [0.4, 0.5) is 17.1 Å². The van der Waals surface area contributed by atoms with Crippen molar-refractivity contribution in [2.24, 2.45) is 0 Å². The van der Waals surface area contributed by atoms with Crippen LogP contribution >= 0.6 is 23.8 Å². The normalized spacial score (nSPS) is 11.2. The second-order valence-electron chi connectivity index (χ2n) is 6.72. The van der Waals surface area contributed by atoms with Crippen LogP contribution in [-0.4, -0.2) is 28.6 Å². The highest BCUT2D eigenvalue weighted by molar-refractivity contribution is 7.80. The number of amides is 2. The number of nitrogens with one attached hydrogen (secondary N) is 4. The summed E-state index contributed by atoms with van der Waals surface area (Å²) in [6.45, 7) is -0.604. The van der Waals surface area contributed by atoms with Gasteiger partial charge in [-0.05, 0) is 66.3 Å². The molecule has 0 fully saturated rings. The van der Waals surface area contributed by atoms with Gasteiger partial charge in [0.15, 0.2) is 5.11 Å². The van der Waals surface area contributed by atoms with E-state index in [1.54, 1.807) is 48.5 Å². The van der Waals surface area contributed by atoms with Crippen LogP contribution in [0.2, 0.25) is 5.02 Å². The molecule has 0 heterocycles. The molecule has 1 atom stereocenters. The number of halogens is 1. The smallest absolute Gasteiger partial charge is 0.251 e. The highest BCUT2D eigenvalue weighted by atomic mass is 35.5. The summed E-state index contributed by atoms with van der Waals surface area (Å²) in [5.41, 5.74) is 2.51. The molecule has 0 aliphatic carbocycles. The molecule has 0 saturated heterocycles. The standard InChI is InChI=1S/C23H21ClN4O3S/c24-16-6-8-19(9-7-16)27-23(32)28-21(15-4-2-1-3-5-15)22(31)26-18-12-10-17(11-13-18)25-20(30)14-29/h1-13,21,29H,14H2,(H,25,30)(H,26,31)(H2,27,28,32). The summed E-state index contributed by atoms with van der Waals surface area (Å²) in [6.07, 6.45) is 0. The predicted molar refractivity (Wildman–Crippen MR) is 131 cm³/mol. The zero-order valence-corrected chi connectivity index (χ0v) is 18.4. The number of aliphatic hydroxyl groups excluding tert-OH is 1. The second kappa shape index (κ2) is 11.2. The van der Waals surface area contributed by atoms with Crippen LogP contribution in [0.15, 0.2) is 78.9 Å². The molecule has 2 amide bonds. The van der Waals surface area contributed by atoms with Crippen LogP contribution in [0, 0.1) is 0 Å². The minimum Gasteiger partial charge on any atom is -0.387 e. The van der Waals surface area contributed by atoms with Crippen molar-refractivity contribution in [3.8, 4) is 0 Å². The van der Waals surface area contributed by atoms with Gasteiger partial charge in [-0.3, -0.25) is 9.59 Å². The maximum atomic E-state index is 13.1. The summed E-state index contributed by atoms with van der Waals surface area (Å²) in [5.74, 6) is -0.833. The van der Waals surface area contributed by atoms with Gasteiger partial charge in [0.2, 0.25) is 5.91 Å². The van der Waals surface area contributed by atoms with Gasteiger partial charge in [-0.1, -0.05) is 41.9 Å². The van der Waals surface area contributed by atoms with Gasteiger partial charge in [-0.2, -0.15) is 0 Å². The largest absolute Gasteiger partial charge is 0.387 e. The maximum absolute atomic E-state index is 13.1. The Hall–Kier alpha value is -3.46. The number of hydrogen-bond donors (Lipinski definition) is 5.